The molecule has 0 radical (unpaired) electrons. The Morgan fingerprint density at radius 3 is 2.76 bits per heavy atom. The number of nitrogens with zero attached hydrogens (tertiary/aromatic N) is 1. The Bertz CT molecular complexity index is 602. The van der Waals surface area contributed by atoms with E-state index in [9.17, 15) is 4.79 Å². The third-order valence-corrected chi connectivity index (χ3v) is 5.32. The summed E-state index contributed by atoms with van der Waals surface area (Å²) in [5, 5.41) is 4.24. The van der Waals surface area contributed by atoms with Crippen LogP contribution in [0.5, 0.6) is 0 Å². The highest BCUT2D eigenvalue weighted by atomic mass is 16.3. The van der Waals surface area contributed by atoms with E-state index in [0.29, 0.717) is 5.92 Å². The van der Waals surface area contributed by atoms with E-state index in [-0.39, 0.29) is 17.2 Å². The number of carbonyl (C=O) groups excluding carboxylic acids is 1. The molecule has 3 rings (SSSR count). The molecule has 4 nitrogen and oxygen atoms in total. The predicted molar refractivity (Wildman–Crippen MR) is 82.1 cm³/mol. The zero-order valence-electron chi connectivity index (χ0n) is 13.3. The second-order valence-corrected chi connectivity index (χ2v) is 6.88. The number of hydrogen-bond donors (Lipinski definition) is 1. The van der Waals surface area contributed by atoms with Crippen molar-refractivity contribution in [3.05, 3.63) is 23.2 Å². The molecule has 4 heteroatoms. The maximum absolute atomic E-state index is 12.4. The van der Waals surface area contributed by atoms with Crippen LogP contribution in [0.4, 0.5) is 0 Å². The van der Waals surface area contributed by atoms with Gasteiger partial charge in [0.05, 0.1) is 0 Å². The number of aryl methyl sites for hydroxylation is 2. The van der Waals surface area contributed by atoms with Crippen molar-refractivity contribution in [1.82, 2.24) is 5.43 Å². The van der Waals surface area contributed by atoms with E-state index >= 15 is 0 Å². The molecule has 2 fully saturated rings. The number of amides is 1. The van der Waals surface area contributed by atoms with E-state index < -0.39 is 0 Å². The normalized spacial score (nSPS) is 31.7. The third-order valence-electron chi connectivity index (χ3n) is 5.32. The summed E-state index contributed by atoms with van der Waals surface area (Å²) < 4.78 is 5.62. The maximum atomic E-state index is 12.4. The first-order valence-corrected chi connectivity index (χ1v) is 7.85. The van der Waals surface area contributed by atoms with Gasteiger partial charge in [0.1, 0.15) is 11.5 Å². The molecule has 1 heterocycles. The second-order valence-electron chi connectivity index (χ2n) is 6.88. The molecule has 3 atom stereocenters. The lowest BCUT2D eigenvalue weighted by Crippen LogP contribution is -2.23. The van der Waals surface area contributed by atoms with Gasteiger partial charge in [-0.3, -0.25) is 4.79 Å². The van der Waals surface area contributed by atoms with Crippen LogP contribution in [-0.2, 0) is 4.79 Å². The molecule has 1 N–H and O–H groups in total. The number of carbonyl (C=O) groups is 1. The average Bonchev–Trinajstić information content (AvgIpc) is 2.93. The van der Waals surface area contributed by atoms with Crippen LogP contribution in [0.1, 0.15) is 56.6 Å². The van der Waals surface area contributed by atoms with Crippen LogP contribution < -0.4 is 5.43 Å². The average molecular weight is 288 g/mol. The summed E-state index contributed by atoms with van der Waals surface area (Å²) in [6.07, 6.45) is 4.88. The topological polar surface area (TPSA) is 54.6 Å². The first kappa shape index (κ1) is 14.4. The van der Waals surface area contributed by atoms with Gasteiger partial charge in [-0.15, -0.1) is 0 Å². The van der Waals surface area contributed by atoms with E-state index in [1.54, 1.807) is 0 Å². The van der Waals surface area contributed by atoms with Gasteiger partial charge < -0.3 is 4.42 Å². The lowest BCUT2D eigenvalue weighted by atomic mass is 9.90. The van der Waals surface area contributed by atoms with E-state index in [4.69, 9.17) is 4.42 Å². The summed E-state index contributed by atoms with van der Waals surface area (Å²) in [5.74, 6) is 2.41. The van der Waals surface area contributed by atoms with Crippen molar-refractivity contribution in [3.63, 3.8) is 0 Å². The molecule has 2 saturated carbocycles. The summed E-state index contributed by atoms with van der Waals surface area (Å²) in [6, 6.07) is 1.98. The van der Waals surface area contributed by atoms with Gasteiger partial charge in [-0.05, 0) is 56.6 Å². The third kappa shape index (κ3) is 2.41. The molecule has 2 aliphatic carbocycles. The molecule has 1 aromatic rings. The number of rotatable bonds is 3. The Morgan fingerprint density at radius 1 is 1.43 bits per heavy atom. The highest BCUT2D eigenvalue weighted by Gasteiger charge is 2.64. The number of furan rings is 1. The van der Waals surface area contributed by atoms with E-state index in [2.05, 4.69) is 17.5 Å². The van der Waals surface area contributed by atoms with Crippen LogP contribution in [0.3, 0.4) is 0 Å². The highest BCUT2D eigenvalue weighted by molar-refractivity contribution is 5.98. The van der Waals surface area contributed by atoms with Crippen molar-refractivity contribution in [2.75, 3.05) is 0 Å². The largest absolute Gasteiger partial charge is 0.460 e. The fourth-order valence-corrected chi connectivity index (χ4v) is 4.11. The predicted octanol–water partition coefficient (Wildman–Crippen LogP) is 3.56. The maximum Gasteiger partial charge on any atom is 0.244 e. The Kier molecular flexibility index (Phi) is 3.42. The fraction of sp³-hybridized carbons (Fsp3) is 0.647. The molecule has 114 valence electrons. The molecular weight excluding hydrogens is 264 g/mol. The zero-order valence-corrected chi connectivity index (χ0v) is 13.3. The van der Waals surface area contributed by atoms with Gasteiger partial charge in [0, 0.05) is 5.92 Å². The molecule has 0 saturated heterocycles. The van der Waals surface area contributed by atoms with Gasteiger partial charge in [0.2, 0.25) is 5.91 Å². The molecule has 2 aliphatic rings. The highest BCUT2D eigenvalue weighted by Crippen LogP contribution is 2.66. The van der Waals surface area contributed by atoms with Gasteiger partial charge in [0.15, 0.2) is 5.76 Å². The second kappa shape index (κ2) is 5.00. The minimum atomic E-state index is 0.0738. The molecule has 0 aliphatic heterocycles. The number of nitrogens with one attached hydrogen (secondary N) is 1. The van der Waals surface area contributed by atoms with Crippen LogP contribution >= 0.6 is 0 Å². The lowest BCUT2D eigenvalue weighted by Gasteiger charge is -2.15. The van der Waals surface area contributed by atoms with Crippen molar-refractivity contribution in [2.24, 2.45) is 22.4 Å². The van der Waals surface area contributed by atoms with Crippen LogP contribution in [-0.4, -0.2) is 11.6 Å². The first-order valence-electron chi connectivity index (χ1n) is 7.85. The molecule has 1 amide bonds. The Morgan fingerprint density at radius 2 is 2.19 bits per heavy atom. The van der Waals surface area contributed by atoms with E-state index in [1.165, 1.54) is 25.7 Å². The molecule has 21 heavy (non-hydrogen) atoms. The molecule has 0 unspecified atom stereocenters. The minimum absolute atomic E-state index is 0.0738. The van der Waals surface area contributed by atoms with Gasteiger partial charge in [0.25, 0.3) is 0 Å². The quantitative estimate of drug-likeness (QED) is 0.683. The van der Waals surface area contributed by atoms with Crippen LogP contribution in [0, 0.1) is 31.1 Å². The van der Waals surface area contributed by atoms with Crippen molar-refractivity contribution in [1.29, 1.82) is 0 Å². The van der Waals surface area contributed by atoms with Gasteiger partial charge >= 0.3 is 0 Å². The van der Waals surface area contributed by atoms with Crippen molar-refractivity contribution in [3.8, 4) is 0 Å². The lowest BCUT2D eigenvalue weighted by molar-refractivity contribution is -0.123. The molecule has 0 spiro atoms. The summed E-state index contributed by atoms with van der Waals surface area (Å²) in [5.41, 5.74) is 4.75. The Hall–Kier alpha value is -1.58. The van der Waals surface area contributed by atoms with Crippen molar-refractivity contribution >= 4 is 11.6 Å². The Labute approximate surface area is 126 Å². The number of fused-ring (bicyclic) bond motifs is 1. The van der Waals surface area contributed by atoms with Gasteiger partial charge in [-0.2, -0.15) is 5.10 Å². The van der Waals surface area contributed by atoms with Crippen LogP contribution in [0.25, 0.3) is 0 Å². The minimum Gasteiger partial charge on any atom is -0.460 e. The van der Waals surface area contributed by atoms with Crippen LogP contribution in [0.2, 0.25) is 0 Å². The molecule has 1 aromatic heterocycles. The molecule has 0 bridgehead atoms. The summed E-state index contributed by atoms with van der Waals surface area (Å²) in [4.78, 5) is 12.4. The summed E-state index contributed by atoms with van der Waals surface area (Å²) in [6.45, 7) is 8.02. The molecular formula is C17H24N2O2. The zero-order chi connectivity index (χ0) is 15.2. The first-order chi connectivity index (χ1) is 9.93. The smallest absolute Gasteiger partial charge is 0.244 e. The van der Waals surface area contributed by atoms with E-state index in [1.807, 2.05) is 26.8 Å². The summed E-state index contributed by atoms with van der Waals surface area (Å²) >= 11 is 0. The SMILES string of the molecule is C/C(=N/NC(=O)[C@@H]1[C@H]2CCCC[C@@]21C)c1oc(C)cc1C. The standard InChI is InChI=1S/C17H24N2O2/c1-10-9-11(2)21-15(10)12(3)18-19-16(20)14-13-7-5-6-8-17(13,14)4/h9,13-14H,5-8H2,1-4H3,(H,19,20)/b18-12-/t13-,14+,17+/m1/s1. The van der Waals surface area contributed by atoms with E-state index in [0.717, 1.165) is 22.8 Å². The summed E-state index contributed by atoms with van der Waals surface area (Å²) in [7, 11) is 0. The monoisotopic (exact) mass is 288 g/mol. The molecule has 0 aromatic carbocycles. The Balaban J connectivity index is 1.66. The van der Waals surface area contributed by atoms with Crippen molar-refractivity contribution in [2.45, 2.75) is 53.4 Å². The number of hydrogen-bond acceptors (Lipinski definition) is 3. The van der Waals surface area contributed by atoms with Crippen LogP contribution in [0.15, 0.2) is 15.6 Å². The fourth-order valence-electron chi connectivity index (χ4n) is 4.11. The van der Waals surface area contributed by atoms with Crippen molar-refractivity contribution < 1.29 is 9.21 Å². The van der Waals surface area contributed by atoms with Gasteiger partial charge in [-0.25, -0.2) is 5.43 Å². The van der Waals surface area contributed by atoms with Gasteiger partial charge in [-0.1, -0.05) is 19.8 Å². The number of hydrazone groups is 1.